The topological polar surface area (TPSA) is 111 Å². The SMILES string of the molecule is N#CC(=CNc1ccc(O)cc1I)c1nn[nH]n1. The van der Waals surface area contributed by atoms with E-state index in [1.807, 2.05) is 6.07 Å². The molecule has 8 heteroatoms. The molecule has 0 unspecified atom stereocenters. The molecule has 90 valence electrons. The first kappa shape index (κ1) is 12.3. The second kappa shape index (κ2) is 5.46. The molecule has 2 rings (SSSR count). The first-order valence-corrected chi connectivity index (χ1v) is 5.87. The highest BCUT2D eigenvalue weighted by Crippen LogP contribution is 2.23. The van der Waals surface area contributed by atoms with Crippen molar-refractivity contribution in [3.63, 3.8) is 0 Å². The Labute approximate surface area is 116 Å². The summed E-state index contributed by atoms with van der Waals surface area (Å²) in [5, 5.41) is 34.3. The third-order valence-electron chi connectivity index (χ3n) is 2.03. The average Bonchev–Trinajstić information content (AvgIpc) is 2.86. The Balaban J connectivity index is 2.22. The number of hydrogen-bond acceptors (Lipinski definition) is 6. The third kappa shape index (κ3) is 2.75. The van der Waals surface area contributed by atoms with Crippen LogP contribution >= 0.6 is 22.6 Å². The fraction of sp³-hybridized carbons (Fsp3) is 0. The Morgan fingerprint density at radius 2 is 2.39 bits per heavy atom. The summed E-state index contributed by atoms with van der Waals surface area (Å²) < 4.78 is 0.828. The zero-order chi connectivity index (χ0) is 13.0. The standard InChI is InChI=1S/C10H7IN6O/c11-8-3-7(18)1-2-9(8)13-5-6(4-12)10-14-16-17-15-10/h1-3,5,13,18H,(H,14,15,16,17). The van der Waals surface area contributed by atoms with Crippen LogP contribution in [0, 0.1) is 14.9 Å². The lowest BCUT2D eigenvalue weighted by Gasteiger charge is -2.04. The molecule has 0 aliphatic rings. The molecule has 1 aromatic heterocycles. The maximum absolute atomic E-state index is 9.28. The van der Waals surface area contributed by atoms with E-state index in [0.29, 0.717) is 0 Å². The number of anilines is 1. The highest BCUT2D eigenvalue weighted by molar-refractivity contribution is 14.1. The number of aromatic hydroxyl groups is 1. The predicted molar refractivity (Wildman–Crippen MR) is 72.2 cm³/mol. The van der Waals surface area contributed by atoms with Gasteiger partial charge in [-0.1, -0.05) is 0 Å². The van der Waals surface area contributed by atoms with Gasteiger partial charge in [-0.25, -0.2) is 0 Å². The van der Waals surface area contributed by atoms with Crippen molar-refractivity contribution in [3.8, 4) is 11.8 Å². The third-order valence-corrected chi connectivity index (χ3v) is 2.92. The van der Waals surface area contributed by atoms with E-state index in [4.69, 9.17) is 5.26 Å². The number of H-pyrrole nitrogens is 1. The van der Waals surface area contributed by atoms with Crippen LogP contribution in [-0.4, -0.2) is 25.7 Å². The van der Waals surface area contributed by atoms with Crippen LogP contribution in [0.1, 0.15) is 5.82 Å². The van der Waals surface area contributed by atoms with Crippen molar-refractivity contribution in [2.75, 3.05) is 5.32 Å². The number of tetrazole rings is 1. The van der Waals surface area contributed by atoms with E-state index >= 15 is 0 Å². The van der Waals surface area contributed by atoms with Crippen molar-refractivity contribution >= 4 is 33.9 Å². The highest BCUT2D eigenvalue weighted by atomic mass is 127. The summed E-state index contributed by atoms with van der Waals surface area (Å²) in [6, 6.07) is 6.84. The number of benzene rings is 1. The average molecular weight is 354 g/mol. The Hall–Kier alpha value is -2.15. The van der Waals surface area contributed by atoms with Gasteiger partial charge in [-0.05, 0) is 46.0 Å². The fourth-order valence-corrected chi connectivity index (χ4v) is 1.85. The number of allylic oxidation sites excluding steroid dienone is 1. The molecule has 0 saturated carbocycles. The molecule has 0 fully saturated rings. The van der Waals surface area contributed by atoms with Crippen LogP contribution in [0.4, 0.5) is 5.69 Å². The lowest BCUT2D eigenvalue weighted by Crippen LogP contribution is -1.94. The minimum atomic E-state index is 0.188. The van der Waals surface area contributed by atoms with Crippen LogP contribution in [0.5, 0.6) is 5.75 Å². The van der Waals surface area contributed by atoms with Crippen LogP contribution in [0.15, 0.2) is 24.4 Å². The van der Waals surface area contributed by atoms with E-state index in [9.17, 15) is 5.11 Å². The van der Waals surface area contributed by atoms with Gasteiger partial charge in [-0.3, -0.25) is 0 Å². The molecule has 18 heavy (non-hydrogen) atoms. The van der Waals surface area contributed by atoms with Gasteiger partial charge in [0.05, 0.1) is 5.69 Å². The first-order valence-electron chi connectivity index (χ1n) is 4.80. The number of phenolic OH excluding ortho intramolecular Hbond substituents is 1. The number of phenols is 1. The van der Waals surface area contributed by atoms with E-state index in [2.05, 4.69) is 48.5 Å². The van der Waals surface area contributed by atoms with Gasteiger partial charge in [0.2, 0.25) is 5.82 Å². The molecule has 0 aliphatic carbocycles. The summed E-state index contributed by atoms with van der Waals surface area (Å²) in [4.78, 5) is 0. The van der Waals surface area contributed by atoms with Gasteiger partial charge in [0.15, 0.2) is 0 Å². The molecule has 0 spiro atoms. The van der Waals surface area contributed by atoms with E-state index in [0.717, 1.165) is 9.26 Å². The van der Waals surface area contributed by atoms with Crippen LogP contribution in [0.25, 0.3) is 5.57 Å². The molecule has 2 aromatic rings. The molecule has 0 saturated heterocycles. The number of nitrogens with zero attached hydrogens (tertiary/aromatic N) is 4. The van der Waals surface area contributed by atoms with Crippen molar-refractivity contribution in [3.05, 3.63) is 33.8 Å². The maximum atomic E-state index is 9.28. The zero-order valence-electron chi connectivity index (χ0n) is 8.92. The summed E-state index contributed by atoms with van der Waals surface area (Å²) in [6.07, 6.45) is 1.49. The largest absolute Gasteiger partial charge is 0.508 e. The van der Waals surface area contributed by atoms with Crippen LogP contribution in [0.3, 0.4) is 0 Å². The number of aromatic nitrogens is 4. The Kier molecular flexibility index (Phi) is 3.73. The minimum absolute atomic E-state index is 0.188. The molecule has 7 nitrogen and oxygen atoms in total. The smallest absolute Gasteiger partial charge is 0.216 e. The Morgan fingerprint density at radius 1 is 1.56 bits per heavy atom. The maximum Gasteiger partial charge on any atom is 0.216 e. The van der Waals surface area contributed by atoms with Crippen molar-refractivity contribution < 1.29 is 5.11 Å². The first-order chi connectivity index (χ1) is 8.70. The quantitative estimate of drug-likeness (QED) is 0.438. The molecule has 0 radical (unpaired) electrons. The fourth-order valence-electron chi connectivity index (χ4n) is 1.19. The van der Waals surface area contributed by atoms with Crippen molar-refractivity contribution in [1.82, 2.24) is 20.6 Å². The molecule has 1 heterocycles. The number of nitriles is 1. The molecule has 0 amide bonds. The molecule has 0 aliphatic heterocycles. The summed E-state index contributed by atoms with van der Waals surface area (Å²) in [5.74, 6) is 0.409. The number of hydrogen-bond donors (Lipinski definition) is 3. The van der Waals surface area contributed by atoms with Gasteiger partial charge in [0.25, 0.3) is 0 Å². The lowest BCUT2D eigenvalue weighted by atomic mass is 10.3. The summed E-state index contributed by atoms with van der Waals surface area (Å²) in [7, 11) is 0. The molecular weight excluding hydrogens is 347 g/mol. The van der Waals surface area contributed by atoms with Gasteiger partial charge in [0, 0.05) is 9.77 Å². The second-order valence-electron chi connectivity index (χ2n) is 3.21. The van der Waals surface area contributed by atoms with E-state index in [-0.39, 0.29) is 17.1 Å². The van der Waals surface area contributed by atoms with Gasteiger partial charge in [-0.2, -0.15) is 10.5 Å². The number of aromatic amines is 1. The number of nitrogens with one attached hydrogen (secondary N) is 2. The van der Waals surface area contributed by atoms with Crippen molar-refractivity contribution in [1.29, 1.82) is 5.26 Å². The minimum Gasteiger partial charge on any atom is -0.508 e. The highest BCUT2D eigenvalue weighted by Gasteiger charge is 2.06. The van der Waals surface area contributed by atoms with Crippen LogP contribution in [-0.2, 0) is 0 Å². The second-order valence-corrected chi connectivity index (χ2v) is 4.38. The monoisotopic (exact) mass is 354 g/mol. The van der Waals surface area contributed by atoms with Crippen LogP contribution in [0.2, 0.25) is 0 Å². The summed E-state index contributed by atoms with van der Waals surface area (Å²) in [5.41, 5.74) is 1.03. The normalized spacial score (nSPS) is 11.0. The summed E-state index contributed by atoms with van der Waals surface area (Å²) in [6.45, 7) is 0. The van der Waals surface area contributed by atoms with Crippen molar-refractivity contribution in [2.24, 2.45) is 0 Å². The molecule has 0 bridgehead atoms. The Morgan fingerprint density at radius 3 is 3.00 bits per heavy atom. The number of halogens is 1. The molecule has 1 aromatic carbocycles. The van der Waals surface area contributed by atoms with Gasteiger partial charge in [-0.15, -0.1) is 10.2 Å². The molecule has 3 N–H and O–H groups in total. The van der Waals surface area contributed by atoms with Crippen molar-refractivity contribution in [2.45, 2.75) is 0 Å². The molecular formula is C10H7IN6O. The predicted octanol–water partition coefficient (Wildman–Crippen LogP) is 1.49. The van der Waals surface area contributed by atoms with Gasteiger partial charge in [0.1, 0.15) is 17.4 Å². The number of rotatable bonds is 3. The van der Waals surface area contributed by atoms with E-state index in [1.54, 1.807) is 18.2 Å². The Bertz CT molecular complexity index is 616. The van der Waals surface area contributed by atoms with E-state index in [1.165, 1.54) is 6.20 Å². The van der Waals surface area contributed by atoms with Gasteiger partial charge < -0.3 is 10.4 Å². The summed E-state index contributed by atoms with van der Waals surface area (Å²) >= 11 is 2.07. The lowest BCUT2D eigenvalue weighted by molar-refractivity contribution is 0.475. The molecule has 0 atom stereocenters. The zero-order valence-corrected chi connectivity index (χ0v) is 11.1. The van der Waals surface area contributed by atoms with E-state index < -0.39 is 0 Å². The van der Waals surface area contributed by atoms with Gasteiger partial charge >= 0.3 is 0 Å². The van der Waals surface area contributed by atoms with Crippen LogP contribution < -0.4 is 5.32 Å².